The first-order valence-corrected chi connectivity index (χ1v) is 9.83. The molecule has 0 unspecified atom stereocenters. The molecule has 4 aromatic rings. The Kier molecular flexibility index (Phi) is 5.17. The number of aromatic amines is 1. The molecule has 31 heavy (non-hydrogen) atoms. The van der Waals surface area contributed by atoms with Crippen LogP contribution in [0, 0.1) is 13.8 Å². The zero-order valence-corrected chi connectivity index (χ0v) is 17.6. The molecule has 0 saturated heterocycles. The number of hydrogen-bond acceptors (Lipinski definition) is 4. The molecule has 7 heteroatoms. The van der Waals surface area contributed by atoms with E-state index >= 15 is 0 Å². The van der Waals surface area contributed by atoms with Gasteiger partial charge in [0.2, 0.25) is 0 Å². The first-order chi connectivity index (χ1) is 14.7. The SMILES string of the molecule is C=c1[nH]n(-c2ccc(C)c(C)c2)c(=O)/c1=C/c1ccc(-c2ccc(Cl)c(C(=O)[O-])c2)o1. The van der Waals surface area contributed by atoms with Crippen molar-refractivity contribution in [3.05, 3.63) is 96.9 Å². The molecule has 0 saturated carbocycles. The number of carbonyl (C=O) groups is 1. The summed E-state index contributed by atoms with van der Waals surface area (Å²) in [6.07, 6.45) is 1.60. The molecule has 0 aliphatic rings. The molecule has 4 rings (SSSR count). The first-order valence-electron chi connectivity index (χ1n) is 9.45. The molecule has 0 aliphatic carbocycles. The molecule has 6 nitrogen and oxygen atoms in total. The Morgan fingerprint density at radius 1 is 1.13 bits per heavy atom. The standard InChI is InChI=1S/C24H19ClN2O4/c1-13-4-6-17(10-14(13)2)27-23(28)19(15(3)26-27)12-18-7-9-22(31-18)16-5-8-21(25)20(11-16)24(29)30/h4-12,26H,3H2,1-2H3,(H,29,30)/p-1/b19-12+. The third-order valence-electron chi connectivity index (χ3n) is 5.14. The quantitative estimate of drug-likeness (QED) is 0.534. The summed E-state index contributed by atoms with van der Waals surface area (Å²) in [5, 5.41) is 15.1. The predicted molar refractivity (Wildman–Crippen MR) is 118 cm³/mol. The average molecular weight is 434 g/mol. The molecular formula is C24H18ClN2O4-. The number of hydrogen-bond donors (Lipinski definition) is 1. The zero-order chi connectivity index (χ0) is 22.3. The predicted octanol–water partition coefficient (Wildman–Crippen LogP) is 2.30. The molecule has 0 bridgehead atoms. The molecule has 0 fully saturated rings. The van der Waals surface area contributed by atoms with Crippen LogP contribution in [0.2, 0.25) is 5.02 Å². The molecule has 2 aromatic carbocycles. The molecule has 0 spiro atoms. The van der Waals surface area contributed by atoms with Gasteiger partial charge in [-0.1, -0.05) is 24.2 Å². The van der Waals surface area contributed by atoms with Crippen LogP contribution in [-0.2, 0) is 0 Å². The van der Waals surface area contributed by atoms with Gasteiger partial charge in [0.25, 0.3) is 5.56 Å². The Labute approximate surface area is 182 Å². The van der Waals surface area contributed by atoms with Crippen molar-refractivity contribution in [2.45, 2.75) is 13.8 Å². The Morgan fingerprint density at radius 3 is 2.61 bits per heavy atom. The van der Waals surface area contributed by atoms with Crippen molar-refractivity contribution in [3.8, 4) is 17.0 Å². The number of aromatic carboxylic acids is 1. The lowest BCUT2D eigenvalue weighted by Crippen LogP contribution is -2.33. The van der Waals surface area contributed by atoms with Gasteiger partial charge >= 0.3 is 0 Å². The number of nitrogens with one attached hydrogen (secondary N) is 1. The van der Waals surface area contributed by atoms with Gasteiger partial charge in [-0.15, -0.1) is 0 Å². The van der Waals surface area contributed by atoms with Gasteiger partial charge in [0.05, 0.1) is 22.2 Å². The number of carboxylic acids is 1. The van der Waals surface area contributed by atoms with Crippen molar-refractivity contribution in [1.82, 2.24) is 9.78 Å². The van der Waals surface area contributed by atoms with E-state index in [4.69, 9.17) is 16.0 Å². The zero-order valence-electron chi connectivity index (χ0n) is 16.9. The lowest BCUT2D eigenvalue weighted by molar-refractivity contribution is -0.255. The summed E-state index contributed by atoms with van der Waals surface area (Å²) in [6, 6.07) is 13.6. The van der Waals surface area contributed by atoms with E-state index in [0.29, 0.717) is 33.3 Å². The van der Waals surface area contributed by atoms with Gasteiger partial charge in [-0.3, -0.25) is 9.89 Å². The number of H-pyrrole nitrogens is 1. The molecule has 156 valence electrons. The van der Waals surface area contributed by atoms with E-state index in [1.54, 1.807) is 24.3 Å². The minimum Gasteiger partial charge on any atom is -0.545 e. The lowest BCUT2D eigenvalue weighted by atomic mass is 10.1. The highest BCUT2D eigenvalue weighted by Crippen LogP contribution is 2.26. The van der Waals surface area contributed by atoms with Gasteiger partial charge in [-0.05, 0) is 73.5 Å². The van der Waals surface area contributed by atoms with E-state index in [9.17, 15) is 14.7 Å². The fourth-order valence-corrected chi connectivity index (χ4v) is 3.45. The maximum absolute atomic E-state index is 13.0. The minimum absolute atomic E-state index is 0.0861. The van der Waals surface area contributed by atoms with Crippen LogP contribution in [0.1, 0.15) is 27.2 Å². The van der Waals surface area contributed by atoms with Crippen LogP contribution < -0.4 is 21.2 Å². The number of furan rings is 1. The summed E-state index contributed by atoms with van der Waals surface area (Å²) in [7, 11) is 0. The fourth-order valence-electron chi connectivity index (χ4n) is 3.25. The molecule has 0 aliphatic heterocycles. The van der Waals surface area contributed by atoms with Crippen LogP contribution in [0.15, 0.2) is 57.7 Å². The smallest absolute Gasteiger partial charge is 0.279 e. The van der Waals surface area contributed by atoms with Gasteiger partial charge in [0, 0.05) is 16.1 Å². The van der Waals surface area contributed by atoms with Gasteiger partial charge in [0.1, 0.15) is 11.5 Å². The first kappa shape index (κ1) is 20.5. The van der Waals surface area contributed by atoms with Crippen LogP contribution in [0.4, 0.5) is 0 Å². The lowest BCUT2D eigenvalue weighted by Gasteiger charge is -2.06. The second kappa shape index (κ2) is 7.81. The molecule has 0 amide bonds. The number of rotatable bonds is 4. The average Bonchev–Trinajstić information content (AvgIpc) is 3.30. The van der Waals surface area contributed by atoms with E-state index in [2.05, 4.69) is 11.7 Å². The Hall–Kier alpha value is -3.77. The highest BCUT2D eigenvalue weighted by Gasteiger charge is 2.10. The van der Waals surface area contributed by atoms with Gasteiger partial charge in [-0.2, -0.15) is 0 Å². The molecule has 0 atom stereocenters. The van der Waals surface area contributed by atoms with Crippen molar-refractivity contribution < 1.29 is 14.3 Å². The number of halogens is 1. The van der Waals surface area contributed by atoms with Crippen molar-refractivity contribution in [2.75, 3.05) is 0 Å². The number of aryl methyl sites for hydroxylation is 2. The minimum atomic E-state index is -1.37. The summed E-state index contributed by atoms with van der Waals surface area (Å²) in [6.45, 7) is 7.92. The van der Waals surface area contributed by atoms with E-state index < -0.39 is 5.97 Å². The summed E-state index contributed by atoms with van der Waals surface area (Å²) >= 11 is 5.89. The number of nitrogens with zero attached hydrogens (tertiary/aromatic N) is 1. The van der Waals surface area contributed by atoms with E-state index in [-0.39, 0.29) is 16.1 Å². The molecule has 0 radical (unpaired) electrons. The molecular weight excluding hydrogens is 416 g/mol. The van der Waals surface area contributed by atoms with Crippen molar-refractivity contribution in [3.63, 3.8) is 0 Å². The van der Waals surface area contributed by atoms with Crippen molar-refractivity contribution >= 4 is 30.2 Å². The highest BCUT2D eigenvalue weighted by atomic mass is 35.5. The largest absolute Gasteiger partial charge is 0.545 e. The topological polar surface area (TPSA) is 91.1 Å². The van der Waals surface area contributed by atoms with Gasteiger partial charge in [-0.25, -0.2) is 4.68 Å². The third kappa shape index (κ3) is 3.85. The van der Waals surface area contributed by atoms with E-state index in [0.717, 1.165) is 11.1 Å². The van der Waals surface area contributed by atoms with Crippen LogP contribution in [0.25, 0.3) is 29.7 Å². The Balaban J connectivity index is 1.75. The maximum atomic E-state index is 13.0. The van der Waals surface area contributed by atoms with Gasteiger partial charge in [0.15, 0.2) is 0 Å². The number of carboxylic acid groups (broad SMARTS) is 1. The van der Waals surface area contributed by atoms with Gasteiger partial charge < -0.3 is 14.3 Å². The van der Waals surface area contributed by atoms with Crippen LogP contribution in [0.3, 0.4) is 0 Å². The number of benzene rings is 2. The molecule has 2 aromatic heterocycles. The Morgan fingerprint density at radius 2 is 1.90 bits per heavy atom. The second-order valence-corrected chi connectivity index (χ2v) is 7.65. The maximum Gasteiger partial charge on any atom is 0.279 e. The van der Waals surface area contributed by atoms with Crippen molar-refractivity contribution in [2.24, 2.45) is 0 Å². The van der Waals surface area contributed by atoms with Crippen LogP contribution >= 0.6 is 11.6 Å². The Bertz CT molecular complexity index is 1490. The third-order valence-corrected chi connectivity index (χ3v) is 5.47. The molecule has 2 heterocycles. The van der Waals surface area contributed by atoms with E-state index in [1.807, 2.05) is 32.0 Å². The number of aromatic nitrogens is 2. The monoisotopic (exact) mass is 433 g/mol. The second-order valence-electron chi connectivity index (χ2n) is 7.24. The van der Waals surface area contributed by atoms with Crippen LogP contribution in [0.5, 0.6) is 0 Å². The summed E-state index contributed by atoms with van der Waals surface area (Å²) in [5.41, 5.74) is 3.08. The normalized spacial score (nSPS) is 11.8. The summed E-state index contributed by atoms with van der Waals surface area (Å²) < 4.78 is 7.25. The number of carbonyl (C=O) groups excluding carboxylic acids is 1. The fraction of sp³-hybridized carbons (Fsp3) is 0.0833. The molecule has 1 N–H and O–H groups in total. The highest BCUT2D eigenvalue weighted by molar-refractivity contribution is 6.33. The summed E-state index contributed by atoms with van der Waals surface area (Å²) in [5.74, 6) is -0.514. The van der Waals surface area contributed by atoms with Crippen molar-refractivity contribution in [1.29, 1.82) is 0 Å². The van der Waals surface area contributed by atoms with Crippen LogP contribution in [-0.4, -0.2) is 15.7 Å². The summed E-state index contributed by atoms with van der Waals surface area (Å²) in [4.78, 5) is 24.2. The van der Waals surface area contributed by atoms with E-state index in [1.165, 1.54) is 16.8 Å².